The van der Waals surface area contributed by atoms with Gasteiger partial charge >= 0.3 is 0 Å². The van der Waals surface area contributed by atoms with Gasteiger partial charge in [0.05, 0.1) is 13.2 Å². The predicted octanol–water partition coefficient (Wildman–Crippen LogP) is 1.53. The molecule has 142 valence electrons. The van der Waals surface area contributed by atoms with E-state index >= 15 is 0 Å². The fourth-order valence-corrected chi connectivity index (χ4v) is 3.20. The molecule has 2 amide bonds. The smallest absolute Gasteiger partial charge is 0.242 e. The molecule has 6 heteroatoms. The number of carbonyl (C=O) groups is 2. The monoisotopic (exact) mass is 367 g/mol. The van der Waals surface area contributed by atoms with Crippen molar-refractivity contribution in [3.8, 4) is 5.75 Å². The van der Waals surface area contributed by atoms with Crippen molar-refractivity contribution >= 4 is 11.8 Å². The highest BCUT2D eigenvalue weighted by molar-refractivity contribution is 5.89. The van der Waals surface area contributed by atoms with Crippen LogP contribution in [0.15, 0.2) is 48.5 Å². The first-order valence-corrected chi connectivity index (χ1v) is 9.08. The molecule has 2 aromatic rings. The van der Waals surface area contributed by atoms with Crippen LogP contribution in [0.5, 0.6) is 5.75 Å². The van der Waals surface area contributed by atoms with Crippen LogP contribution in [0, 0.1) is 0 Å². The van der Waals surface area contributed by atoms with Crippen LogP contribution >= 0.6 is 0 Å². The summed E-state index contributed by atoms with van der Waals surface area (Å²) in [5, 5.41) is 8.88. The number of benzene rings is 2. The Bertz CT molecular complexity index is 822. The van der Waals surface area contributed by atoms with Gasteiger partial charge in [0.2, 0.25) is 11.8 Å². The van der Waals surface area contributed by atoms with E-state index in [0.717, 1.165) is 11.3 Å². The number of hydrogen-bond donors (Lipinski definition) is 3. The molecule has 2 aromatic carbocycles. The summed E-state index contributed by atoms with van der Waals surface area (Å²) in [5.41, 5.74) is 3.27. The van der Waals surface area contributed by atoms with Gasteiger partial charge in [-0.15, -0.1) is 0 Å². The second-order valence-corrected chi connectivity index (χ2v) is 6.67. The van der Waals surface area contributed by atoms with Crippen LogP contribution in [0.1, 0.15) is 23.6 Å². The molecule has 3 N–H and O–H groups in total. The molecule has 3 rings (SSSR count). The van der Waals surface area contributed by atoms with Crippen molar-refractivity contribution in [3.63, 3.8) is 0 Å². The Morgan fingerprint density at radius 3 is 2.63 bits per heavy atom. The van der Waals surface area contributed by atoms with E-state index in [0.29, 0.717) is 19.5 Å². The molecule has 0 saturated carbocycles. The van der Waals surface area contributed by atoms with Crippen molar-refractivity contribution in [3.05, 3.63) is 65.2 Å². The van der Waals surface area contributed by atoms with Gasteiger partial charge in [-0.3, -0.25) is 9.59 Å². The third kappa shape index (κ3) is 4.65. The molecule has 1 heterocycles. The van der Waals surface area contributed by atoms with Gasteiger partial charge in [-0.2, -0.15) is 0 Å². The van der Waals surface area contributed by atoms with Crippen LogP contribution in [0.3, 0.4) is 0 Å². The Labute approximate surface area is 159 Å². The second-order valence-electron chi connectivity index (χ2n) is 6.67. The summed E-state index contributed by atoms with van der Waals surface area (Å²) in [6.45, 7) is 2.69. The number of para-hydroxylation sites is 1. The molecule has 0 saturated heterocycles. The summed E-state index contributed by atoms with van der Waals surface area (Å²) in [6, 6.07) is 14.6. The highest BCUT2D eigenvalue weighted by Gasteiger charge is 2.26. The van der Waals surface area contributed by atoms with E-state index in [4.69, 9.17) is 4.74 Å². The molecule has 0 fully saturated rings. The first-order chi connectivity index (χ1) is 13.1. The fourth-order valence-electron chi connectivity index (χ4n) is 3.20. The van der Waals surface area contributed by atoms with E-state index < -0.39 is 6.04 Å². The van der Waals surface area contributed by atoms with Crippen LogP contribution in [-0.2, 0) is 29.1 Å². The lowest BCUT2D eigenvalue weighted by molar-refractivity contribution is -0.129. The number of ether oxygens (including phenoxy) is 1. The lowest BCUT2D eigenvalue weighted by Gasteiger charge is -2.26. The molecule has 0 radical (unpaired) electrons. The van der Waals surface area contributed by atoms with Crippen molar-refractivity contribution in [1.82, 2.24) is 16.0 Å². The lowest BCUT2D eigenvalue weighted by atomic mass is 9.95. The van der Waals surface area contributed by atoms with Crippen molar-refractivity contribution in [2.24, 2.45) is 0 Å². The third-order valence-corrected chi connectivity index (χ3v) is 4.80. The Balaban J connectivity index is 1.51. The van der Waals surface area contributed by atoms with Gasteiger partial charge in [-0.05, 0) is 30.5 Å². The number of hydrogen-bond acceptors (Lipinski definition) is 4. The molecule has 0 spiro atoms. The topological polar surface area (TPSA) is 79.5 Å². The maximum absolute atomic E-state index is 12.5. The molecule has 27 heavy (non-hydrogen) atoms. The zero-order valence-corrected chi connectivity index (χ0v) is 15.6. The summed E-state index contributed by atoms with van der Waals surface area (Å²) in [7, 11) is 1.60. The Morgan fingerprint density at radius 1 is 1.15 bits per heavy atom. The van der Waals surface area contributed by atoms with Crippen LogP contribution < -0.4 is 20.7 Å². The number of nitrogens with one attached hydrogen (secondary N) is 3. The van der Waals surface area contributed by atoms with E-state index in [2.05, 4.69) is 22.0 Å². The molecule has 0 aliphatic carbocycles. The van der Waals surface area contributed by atoms with E-state index in [9.17, 15) is 9.59 Å². The number of carbonyl (C=O) groups excluding carboxylic acids is 2. The second kappa shape index (κ2) is 8.68. The summed E-state index contributed by atoms with van der Waals surface area (Å²) in [4.78, 5) is 24.9. The summed E-state index contributed by atoms with van der Waals surface area (Å²) in [6.07, 6.45) is 0.623. The normalized spacial score (nSPS) is 16.7. The maximum atomic E-state index is 12.5. The van der Waals surface area contributed by atoms with E-state index in [-0.39, 0.29) is 17.9 Å². The molecule has 0 aromatic heterocycles. The Morgan fingerprint density at radius 2 is 1.85 bits per heavy atom. The van der Waals surface area contributed by atoms with Gasteiger partial charge < -0.3 is 20.7 Å². The van der Waals surface area contributed by atoms with E-state index in [1.807, 2.05) is 42.5 Å². The minimum absolute atomic E-state index is 0.163. The predicted molar refractivity (Wildman–Crippen MR) is 103 cm³/mol. The molecule has 1 aliphatic heterocycles. The minimum Gasteiger partial charge on any atom is -0.496 e. The third-order valence-electron chi connectivity index (χ3n) is 4.80. The van der Waals surface area contributed by atoms with Crippen molar-refractivity contribution in [2.75, 3.05) is 7.11 Å². The first-order valence-electron chi connectivity index (χ1n) is 9.08. The van der Waals surface area contributed by atoms with Gasteiger partial charge in [-0.1, -0.05) is 42.5 Å². The number of methoxy groups -OCH3 is 1. The molecule has 0 bridgehead atoms. The molecular weight excluding hydrogens is 342 g/mol. The zero-order chi connectivity index (χ0) is 19.2. The minimum atomic E-state index is -0.619. The maximum Gasteiger partial charge on any atom is 0.242 e. The summed E-state index contributed by atoms with van der Waals surface area (Å²) >= 11 is 0. The highest BCUT2D eigenvalue weighted by atomic mass is 16.5. The van der Waals surface area contributed by atoms with Gasteiger partial charge in [0, 0.05) is 18.7 Å². The van der Waals surface area contributed by atoms with Crippen LogP contribution in [0.2, 0.25) is 0 Å². The number of rotatable bonds is 6. The van der Waals surface area contributed by atoms with Crippen LogP contribution in [-0.4, -0.2) is 31.0 Å². The first kappa shape index (κ1) is 18.9. The van der Waals surface area contributed by atoms with E-state index in [1.54, 1.807) is 14.0 Å². The molecular formula is C21H25N3O3. The Hall–Kier alpha value is -2.86. The fraction of sp³-hybridized carbons (Fsp3) is 0.333. The average Bonchev–Trinajstić information content (AvgIpc) is 2.71. The van der Waals surface area contributed by atoms with Crippen molar-refractivity contribution in [2.45, 2.75) is 38.5 Å². The molecule has 0 unspecified atom stereocenters. The zero-order valence-electron chi connectivity index (χ0n) is 15.6. The lowest BCUT2D eigenvalue weighted by Crippen LogP contribution is -2.53. The molecule has 1 aliphatic rings. The van der Waals surface area contributed by atoms with Crippen molar-refractivity contribution < 1.29 is 14.3 Å². The van der Waals surface area contributed by atoms with Gasteiger partial charge in [0.25, 0.3) is 0 Å². The van der Waals surface area contributed by atoms with Gasteiger partial charge in [-0.25, -0.2) is 0 Å². The highest BCUT2D eigenvalue weighted by Crippen LogP contribution is 2.17. The standard InChI is InChI=1S/C21H25N3O3/c1-14(20(25)23-13-17-9-5-6-10-19(17)27-2)24-21(26)18-11-15-7-3-4-8-16(15)12-22-18/h3-10,14,18,22H,11-13H2,1-2H3,(H,23,25)(H,24,26)/t14-,18-/m0/s1. The van der Waals surface area contributed by atoms with Gasteiger partial charge in [0.1, 0.15) is 11.8 Å². The number of amides is 2. The van der Waals surface area contributed by atoms with Crippen LogP contribution in [0.4, 0.5) is 0 Å². The summed E-state index contributed by atoms with van der Waals surface area (Å²) in [5.74, 6) is 0.328. The number of fused-ring (bicyclic) bond motifs is 1. The molecule has 2 atom stereocenters. The summed E-state index contributed by atoms with van der Waals surface area (Å²) < 4.78 is 5.28. The van der Waals surface area contributed by atoms with Crippen LogP contribution in [0.25, 0.3) is 0 Å². The van der Waals surface area contributed by atoms with E-state index in [1.165, 1.54) is 11.1 Å². The quantitative estimate of drug-likeness (QED) is 0.723. The largest absolute Gasteiger partial charge is 0.496 e. The average molecular weight is 367 g/mol. The molecule has 6 nitrogen and oxygen atoms in total. The van der Waals surface area contributed by atoms with Gasteiger partial charge in [0.15, 0.2) is 0 Å². The SMILES string of the molecule is COc1ccccc1CNC(=O)[C@H](C)NC(=O)[C@@H]1Cc2ccccc2CN1. The Kier molecular flexibility index (Phi) is 6.08. The van der Waals surface area contributed by atoms with Crippen molar-refractivity contribution in [1.29, 1.82) is 0 Å².